The zero-order valence-electron chi connectivity index (χ0n) is 5.52. The van der Waals surface area contributed by atoms with Crippen LogP contribution in [-0.4, -0.2) is 4.98 Å². The summed E-state index contributed by atoms with van der Waals surface area (Å²) in [6.07, 6.45) is 1.11. The van der Waals surface area contributed by atoms with Crippen molar-refractivity contribution in [3.63, 3.8) is 0 Å². The molecule has 0 atom stereocenters. The zero-order chi connectivity index (χ0) is 6.55. The average molecular weight is 129 g/mol. The van der Waals surface area contributed by atoms with Gasteiger partial charge in [0.05, 0.1) is 0 Å². The maximum atomic E-state index is 3.33. The number of hydrogen-bond acceptors (Lipinski definition) is 0. The van der Waals surface area contributed by atoms with Crippen LogP contribution in [0.2, 0.25) is 0 Å². The summed E-state index contributed by atoms with van der Waals surface area (Å²) in [5.74, 6) is 0. The van der Waals surface area contributed by atoms with Crippen LogP contribution >= 0.6 is 0 Å². The van der Waals surface area contributed by atoms with Gasteiger partial charge in [-0.25, -0.2) is 0 Å². The van der Waals surface area contributed by atoms with Gasteiger partial charge in [0.15, 0.2) is 0 Å². The van der Waals surface area contributed by atoms with Crippen LogP contribution in [0, 0.1) is 0 Å². The highest BCUT2D eigenvalue weighted by molar-refractivity contribution is 5.87. The molecule has 10 heavy (non-hydrogen) atoms. The van der Waals surface area contributed by atoms with Crippen molar-refractivity contribution >= 4 is 10.9 Å². The molecule has 0 radical (unpaired) electrons. The lowest BCUT2D eigenvalue weighted by Gasteiger charge is -2.00. The summed E-state index contributed by atoms with van der Waals surface area (Å²) < 4.78 is 0. The number of benzene rings is 1. The zero-order valence-corrected chi connectivity index (χ0v) is 5.52. The fraction of sp³-hybridized carbons (Fsp3) is 0.111. The fourth-order valence-electron chi connectivity index (χ4n) is 1.73. The summed E-state index contributed by atoms with van der Waals surface area (Å²) in [6.45, 7) is 0. The van der Waals surface area contributed by atoms with Gasteiger partial charge >= 0.3 is 0 Å². The second kappa shape index (κ2) is 1.26. The van der Waals surface area contributed by atoms with Crippen LogP contribution in [0.5, 0.6) is 0 Å². The molecule has 0 unspecified atom stereocenters. The Kier molecular flexibility index (Phi) is 0.575. The normalized spacial score (nSPS) is 13.6. The Balaban J connectivity index is 2.69. The molecule has 0 aliphatic heterocycles. The number of H-pyrrole nitrogens is 1. The Morgan fingerprint density at radius 1 is 1.30 bits per heavy atom. The smallest absolute Gasteiger partial charge is 0.0459 e. The third-order valence-electron chi connectivity index (χ3n) is 2.19. The number of aromatic nitrogens is 1. The molecule has 1 N–H and O–H groups in total. The number of nitrogens with one attached hydrogen (secondary N) is 1. The third-order valence-corrected chi connectivity index (χ3v) is 2.19. The fourth-order valence-corrected chi connectivity index (χ4v) is 1.73. The molecule has 48 valence electrons. The number of fused-ring (bicyclic) bond motifs is 1. The largest absolute Gasteiger partial charge is 0.358 e. The standard InChI is InChI=1S/C9H7N/c1-2-6-4-7-5-8(6)9(3-1)10-7/h1-3,5,10H,4H2. The van der Waals surface area contributed by atoms with E-state index in [0.717, 1.165) is 6.42 Å². The van der Waals surface area contributed by atoms with Gasteiger partial charge in [0.1, 0.15) is 0 Å². The summed E-state index contributed by atoms with van der Waals surface area (Å²) in [7, 11) is 0. The molecule has 1 nitrogen and oxygen atoms in total. The van der Waals surface area contributed by atoms with E-state index in [1.807, 2.05) is 0 Å². The minimum absolute atomic E-state index is 1.11. The van der Waals surface area contributed by atoms with Crippen molar-refractivity contribution in [2.24, 2.45) is 0 Å². The maximum Gasteiger partial charge on any atom is 0.0459 e. The molecule has 1 aliphatic carbocycles. The minimum atomic E-state index is 1.11. The van der Waals surface area contributed by atoms with Crippen LogP contribution in [0.1, 0.15) is 11.3 Å². The van der Waals surface area contributed by atoms with Gasteiger partial charge in [-0.2, -0.15) is 0 Å². The Morgan fingerprint density at radius 3 is 3.00 bits per heavy atom. The molecule has 1 heteroatoms. The second-order valence-corrected chi connectivity index (χ2v) is 2.85. The Labute approximate surface area is 58.7 Å². The van der Waals surface area contributed by atoms with E-state index in [1.54, 1.807) is 0 Å². The van der Waals surface area contributed by atoms with Crippen molar-refractivity contribution in [1.29, 1.82) is 0 Å². The minimum Gasteiger partial charge on any atom is -0.358 e. The van der Waals surface area contributed by atoms with Crippen molar-refractivity contribution in [2.75, 3.05) is 0 Å². The predicted molar refractivity (Wildman–Crippen MR) is 41.1 cm³/mol. The van der Waals surface area contributed by atoms with Crippen LogP contribution in [0.25, 0.3) is 10.9 Å². The predicted octanol–water partition coefficient (Wildman–Crippen LogP) is 2.07. The summed E-state index contributed by atoms with van der Waals surface area (Å²) >= 11 is 0. The van der Waals surface area contributed by atoms with E-state index in [-0.39, 0.29) is 0 Å². The van der Waals surface area contributed by atoms with Crippen LogP contribution in [-0.2, 0) is 6.42 Å². The number of rotatable bonds is 0. The van der Waals surface area contributed by atoms with Gasteiger partial charge in [0.25, 0.3) is 0 Å². The van der Waals surface area contributed by atoms with E-state index < -0.39 is 0 Å². The first kappa shape index (κ1) is 4.56. The maximum absolute atomic E-state index is 3.33. The summed E-state index contributed by atoms with van der Waals surface area (Å²) in [4.78, 5) is 3.33. The first-order valence-corrected chi connectivity index (χ1v) is 3.53. The van der Waals surface area contributed by atoms with Crippen LogP contribution in [0.4, 0.5) is 0 Å². The van der Waals surface area contributed by atoms with E-state index in [1.165, 1.54) is 22.2 Å². The average Bonchev–Trinajstić information content (AvgIpc) is 2.40. The van der Waals surface area contributed by atoms with Crippen LogP contribution < -0.4 is 0 Å². The lowest BCUT2D eigenvalue weighted by atomic mass is 10.1. The third kappa shape index (κ3) is 0.366. The van der Waals surface area contributed by atoms with Gasteiger partial charge in [0.2, 0.25) is 0 Å². The monoisotopic (exact) mass is 129 g/mol. The van der Waals surface area contributed by atoms with Crippen molar-refractivity contribution < 1.29 is 0 Å². The van der Waals surface area contributed by atoms with Gasteiger partial charge < -0.3 is 4.98 Å². The quantitative estimate of drug-likeness (QED) is 0.478. The van der Waals surface area contributed by atoms with E-state index in [9.17, 15) is 0 Å². The molecular weight excluding hydrogens is 122 g/mol. The lowest BCUT2D eigenvalue weighted by Crippen LogP contribution is -1.87. The van der Waals surface area contributed by atoms with E-state index >= 15 is 0 Å². The van der Waals surface area contributed by atoms with E-state index in [0.29, 0.717) is 0 Å². The molecule has 1 aromatic carbocycles. The van der Waals surface area contributed by atoms with E-state index in [2.05, 4.69) is 29.2 Å². The molecule has 2 bridgehead atoms. The van der Waals surface area contributed by atoms with Crippen molar-refractivity contribution in [3.8, 4) is 0 Å². The molecular formula is C9H7N. The summed E-state index contributed by atoms with van der Waals surface area (Å²) in [5, 5.41) is 1.41. The molecule has 1 heterocycles. The van der Waals surface area contributed by atoms with Gasteiger partial charge in [-0.1, -0.05) is 12.1 Å². The topological polar surface area (TPSA) is 15.8 Å². The highest BCUT2D eigenvalue weighted by Gasteiger charge is 2.12. The van der Waals surface area contributed by atoms with Crippen molar-refractivity contribution in [3.05, 3.63) is 35.5 Å². The Hall–Kier alpha value is -1.24. The Morgan fingerprint density at radius 2 is 2.30 bits per heavy atom. The Bertz CT molecular complexity index is 394. The highest BCUT2D eigenvalue weighted by atomic mass is 14.7. The molecule has 2 aromatic rings. The highest BCUT2D eigenvalue weighted by Crippen LogP contribution is 2.28. The first-order chi connectivity index (χ1) is 4.93. The summed E-state index contributed by atoms with van der Waals surface area (Å²) in [5.41, 5.74) is 4.13. The number of aromatic amines is 1. The van der Waals surface area contributed by atoms with Crippen molar-refractivity contribution in [1.82, 2.24) is 4.98 Å². The second-order valence-electron chi connectivity index (χ2n) is 2.85. The first-order valence-electron chi connectivity index (χ1n) is 3.53. The molecule has 0 amide bonds. The molecule has 0 fully saturated rings. The van der Waals surface area contributed by atoms with Gasteiger partial charge in [0, 0.05) is 23.0 Å². The molecule has 1 aliphatic rings. The molecule has 0 saturated carbocycles. The molecule has 0 saturated heterocycles. The van der Waals surface area contributed by atoms with Crippen LogP contribution in [0.15, 0.2) is 24.3 Å². The van der Waals surface area contributed by atoms with Gasteiger partial charge in [-0.05, 0) is 17.7 Å². The SMILES string of the molecule is c1cc2c3cc([nH]c3c1)C2. The van der Waals surface area contributed by atoms with Crippen LogP contribution in [0.3, 0.4) is 0 Å². The van der Waals surface area contributed by atoms with Gasteiger partial charge in [-0.3, -0.25) is 0 Å². The molecule has 1 aromatic heterocycles. The lowest BCUT2D eigenvalue weighted by molar-refractivity contribution is 1.14. The van der Waals surface area contributed by atoms with Crippen molar-refractivity contribution in [2.45, 2.75) is 6.42 Å². The summed E-state index contributed by atoms with van der Waals surface area (Å²) in [6, 6.07) is 8.67. The van der Waals surface area contributed by atoms with E-state index in [4.69, 9.17) is 0 Å². The molecule has 0 spiro atoms. The van der Waals surface area contributed by atoms with Gasteiger partial charge in [-0.15, -0.1) is 0 Å². The number of hydrogen-bond donors (Lipinski definition) is 1. The molecule has 3 rings (SSSR count).